The number of amides is 1. The van der Waals surface area contributed by atoms with Gasteiger partial charge in [-0.25, -0.2) is 4.98 Å². The zero-order valence-electron chi connectivity index (χ0n) is 12.1. The molecule has 2 aromatic rings. The van der Waals surface area contributed by atoms with Crippen LogP contribution < -0.4 is 4.90 Å². The first-order valence-electron chi connectivity index (χ1n) is 7.00. The summed E-state index contributed by atoms with van der Waals surface area (Å²) in [6, 6.07) is 3.43. The predicted octanol–water partition coefficient (Wildman–Crippen LogP) is 2.11. The summed E-state index contributed by atoms with van der Waals surface area (Å²) in [7, 11) is 1.71. The highest BCUT2D eigenvalue weighted by atomic mass is 32.1. The van der Waals surface area contributed by atoms with Crippen molar-refractivity contribution in [2.45, 2.75) is 18.9 Å². The van der Waals surface area contributed by atoms with E-state index in [1.165, 1.54) is 11.3 Å². The summed E-state index contributed by atoms with van der Waals surface area (Å²) in [5.74, 6) is -0.0777. The molecule has 7 heteroatoms. The number of aromatic nitrogens is 2. The van der Waals surface area contributed by atoms with Crippen molar-refractivity contribution in [1.29, 1.82) is 5.26 Å². The smallest absolute Gasteiger partial charge is 0.251 e. The minimum atomic E-state index is -0.360. The maximum atomic E-state index is 12.5. The van der Waals surface area contributed by atoms with Crippen LogP contribution in [0.1, 0.15) is 12.8 Å². The number of rotatable bonds is 3. The number of likely N-dealkylation sites (N-methyl/N-ethyl adjacent to an activating group) is 1. The van der Waals surface area contributed by atoms with Gasteiger partial charge >= 0.3 is 0 Å². The van der Waals surface area contributed by atoms with Crippen molar-refractivity contribution in [3.63, 3.8) is 0 Å². The quantitative estimate of drug-likeness (QED) is 0.812. The molecular formula is C15H15N5OS. The third kappa shape index (κ3) is 2.65. The molecule has 1 aliphatic rings. The van der Waals surface area contributed by atoms with Gasteiger partial charge in [0.2, 0.25) is 0 Å². The maximum Gasteiger partial charge on any atom is 0.251 e. The largest absolute Gasteiger partial charge is 0.298 e. The summed E-state index contributed by atoms with van der Waals surface area (Å²) in [6.07, 6.45) is 7.14. The Hall–Kier alpha value is -2.46. The molecule has 0 spiro atoms. The third-order valence-corrected chi connectivity index (χ3v) is 4.65. The first-order chi connectivity index (χ1) is 10.7. The van der Waals surface area contributed by atoms with Gasteiger partial charge in [0.15, 0.2) is 11.3 Å². The third-order valence-electron chi connectivity index (χ3n) is 3.73. The number of carbonyl (C=O) groups excluding carboxylic acids is 1. The van der Waals surface area contributed by atoms with E-state index in [-0.39, 0.29) is 11.9 Å². The van der Waals surface area contributed by atoms with Crippen molar-refractivity contribution < 1.29 is 4.79 Å². The van der Waals surface area contributed by atoms with Crippen LogP contribution in [0.2, 0.25) is 0 Å². The molecule has 2 aromatic heterocycles. The van der Waals surface area contributed by atoms with E-state index in [4.69, 9.17) is 5.26 Å². The van der Waals surface area contributed by atoms with Crippen LogP contribution >= 0.6 is 11.3 Å². The van der Waals surface area contributed by atoms with E-state index in [1.54, 1.807) is 29.2 Å². The SMILES string of the molecule is CN(C(=O)C1CCCN1C#N)c1nc(-c2cccnc2)cs1. The topological polar surface area (TPSA) is 73.1 Å². The lowest BCUT2D eigenvalue weighted by Gasteiger charge is -2.22. The molecule has 3 heterocycles. The normalized spacial score (nSPS) is 17.3. The van der Waals surface area contributed by atoms with Gasteiger partial charge in [0.05, 0.1) is 5.69 Å². The van der Waals surface area contributed by atoms with E-state index in [0.29, 0.717) is 11.7 Å². The van der Waals surface area contributed by atoms with Crippen molar-refractivity contribution in [3.8, 4) is 17.5 Å². The fourth-order valence-corrected chi connectivity index (χ4v) is 3.33. The van der Waals surface area contributed by atoms with Crippen LogP contribution in [0.4, 0.5) is 5.13 Å². The Balaban J connectivity index is 1.78. The Kier molecular flexibility index (Phi) is 4.02. The van der Waals surface area contributed by atoms with Crippen LogP contribution in [0.25, 0.3) is 11.3 Å². The molecule has 6 nitrogen and oxygen atoms in total. The number of hydrogen-bond acceptors (Lipinski definition) is 6. The second-order valence-electron chi connectivity index (χ2n) is 5.11. The summed E-state index contributed by atoms with van der Waals surface area (Å²) in [4.78, 5) is 24.2. The minimum absolute atomic E-state index is 0.0777. The van der Waals surface area contributed by atoms with Gasteiger partial charge in [-0.1, -0.05) is 0 Å². The first kappa shape index (κ1) is 14.5. The highest BCUT2D eigenvalue weighted by Crippen LogP contribution is 2.28. The second-order valence-corrected chi connectivity index (χ2v) is 5.94. The maximum absolute atomic E-state index is 12.5. The molecule has 0 N–H and O–H groups in total. The van der Waals surface area contributed by atoms with E-state index in [9.17, 15) is 4.79 Å². The molecule has 0 saturated carbocycles. The number of thiazole rings is 1. The average Bonchev–Trinajstić information content (AvgIpc) is 3.23. The molecule has 0 bridgehead atoms. The molecule has 1 atom stereocenters. The summed E-state index contributed by atoms with van der Waals surface area (Å²) in [5.41, 5.74) is 1.72. The molecule has 112 valence electrons. The molecule has 0 aliphatic carbocycles. The van der Waals surface area contributed by atoms with Gasteiger partial charge in [-0.05, 0) is 25.0 Å². The molecule has 0 aromatic carbocycles. The van der Waals surface area contributed by atoms with Crippen molar-refractivity contribution >= 4 is 22.4 Å². The number of pyridine rings is 1. The van der Waals surface area contributed by atoms with Crippen molar-refractivity contribution in [2.24, 2.45) is 0 Å². The summed E-state index contributed by atoms with van der Waals surface area (Å²) in [5, 5.41) is 11.6. The Labute approximate surface area is 132 Å². The monoisotopic (exact) mass is 313 g/mol. The van der Waals surface area contributed by atoms with Gasteiger partial charge in [-0.3, -0.25) is 19.6 Å². The van der Waals surface area contributed by atoms with Crippen molar-refractivity contribution in [2.75, 3.05) is 18.5 Å². The molecule has 1 unspecified atom stereocenters. The summed E-state index contributed by atoms with van der Waals surface area (Å²) in [6.45, 7) is 0.652. The van der Waals surface area contributed by atoms with Crippen LogP contribution in [-0.4, -0.2) is 40.4 Å². The Bertz CT molecular complexity index is 708. The Morgan fingerprint density at radius 2 is 2.45 bits per heavy atom. The Morgan fingerprint density at radius 1 is 1.59 bits per heavy atom. The number of nitriles is 1. The number of carbonyl (C=O) groups is 1. The fraction of sp³-hybridized carbons (Fsp3) is 0.333. The van der Waals surface area contributed by atoms with Crippen molar-refractivity contribution in [1.82, 2.24) is 14.9 Å². The molecule has 1 fully saturated rings. The minimum Gasteiger partial charge on any atom is -0.298 e. The van der Waals surface area contributed by atoms with E-state index >= 15 is 0 Å². The van der Waals surface area contributed by atoms with Crippen LogP contribution in [0, 0.1) is 11.5 Å². The van der Waals surface area contributed by atoms with Gasteiger partial charge in [-0.15, -0.1) is 11.3 Å². The van der Waals surface area contributed by atoms with Gasteiger partial charge in [-0.2, -0.15) is 5.26 Å². The standard InChI is InChI=1S/C15H15N5OS/c1-19(14(21)13-5-3-7-20(13)10-16)15-18-12(9-22-15)11-4-2-6-17-8-11/h2,4,6,8-9,13H,3,5,7H2,1H3. The van der Waals surface area contributed by atoms with E-state index in [0.717, 1.165) is 24.1 Å². The molecule has 1 saturated heterocycles. The molecule has 22 heavy (non-hydrogen) atoms. The summed E-state index contributed by atoms with van der Waals surface area (Å²) >= 11 is 1.41. The summed E-state index contributed by atoms with van der Waals surface area (Å²) < 4.78 is 0. The fourth-order valence-electron chi connectivity index (χ4n) is 2.53. The molecule has 0 radical (unpaired) electrons. The zero-order chi connectivity index (χ0) is 15.5. The van der Waals surface area contributed by atoms with Crippen LogP contribution in [-0.2, 0) is 4.79 Å². The highest BCUT2D eigenvalue weighted by Gasteiger charge is 2.33. The van der Waals surface area contributed by atoms with Gasteiger partial charge < -0.3 is 0 Å². The molecule has 1 amide bonds. The zero-order valence-corrected chi connectivity index (χ0v) is 13.0. The molecule has 1 aliphatic heterocycles. The lowest BCUT2D eigenvalue weighted by Crippen LogP contribution is -2.42. The average molecular weight is 313 g/mol. The number of hydrogen-bond donors (Lipinski definition) is 0. The van der Waals surface area contributed by atoms with E-state index < -0.39 is 0 Å². The van der Waals surface area contributed by atoms with Gasteiger partial charge in [0.25, 0.3) is 5.91 Å². The highest BCUT2D eigenvalue weighted by molar-refractivity contribution is 7.14. The predicted molar refractivity (Wildman–Crippen MR) is 84.1 cm³/mol. The lowest BCUT2D eigenvalue weighted by molar-refractivity contribution is -0.121. The number of likely N-dealkylation sites (tertiary alicyclic amines) is 1. The number of nitrogens with zero attached hydrogens (tertiary/aromatic N) is 5. The number of anilines is 1. The van der Waals surface area contributed by atoms with Gasteiger partial charge in [0, 0.05) is 36.9 Å². The lowest BCUT2D eigenvalue weighted by atomic mass is 10.2. The van der Waals surface area contributed by atoms with E-state index in [2.05, 4.69) is 16.2 Å². The first-order valence-corrected chi connectivity index (χ1v) is 7.88. The molecule has 3 rings (SSSR count). The Morgan fingerprint density at radius 3 is 3.18 bits per heavy atom. The second kappa shape index (κ2) is 6.12. The van der Waals surface area contributed by atoms with Crippen LogP contribution in [0.5, 0.6) is 0 Å². The van der Waals surface area contributed by atoms with E-state index in [1.807, 2.05) is 17.5 Å². The van der Waals surface area contributed by atoms with Gasteiger partial charge in [0.1, 0.15) is 6.04 Å². The van der Waals surface area contributed by atoms with Crippen molar-refractivity contribution in [3.05, 3.63) is 29.9 Å². The van der Waals surface area contributed by atoms with Crippen LogP contribution in [0.3, 0.4) is 0 Å². The molecular weight excluding hydrogens is 298 g/mol. The van der Waals surface area contributed by atoms with Crippen LogP contribution in [0.15, 0.2) is 29.9 Å².